The smallest absolute Gasteiger partial charge is 0.324 e. The highest BCUT2D eigenvalue weighted by molar-refractivity contribution is 6.01. The molecule has 0 saturated carbocycles. The van der Waals surface area contributed by atoms with Gasteiger partial charge in [0, 0.05) is 26.2 Å². The standard InChI is InChI=1S/C16H31N5O2/c1-4-7-8-13(5-2)11-19-15(17-6-3)18-9-10-21-14(22)12-20-16(21)23/h13H,4-12H2,1-3H3,(H,20,23)(H2,17,18,19). The number of hydrogen-bond acceptors (Lipinski definition) is 3. The Kier molecular flexibility index (Phi) is 9.09. The first-order valence-corrected chi connectivity index (χ1v) is 8.72. The summed E-state index contributed by atoms with van der Waals surface area (Å²) < 4.78 is 0. The van der Waals surface area contributed by atoms with Crippen molar-refractivity contribution in [3.05, 3.63) is 0 Å². The lowest BCUT2D eigenvalue weighted by Crippen LogP contribution is -2.43. The van der Waals surface area contributed by atoms with Crippen LogP contribution in [0.5, 0.6) is 0 Å². The van der Waals surface area contributed by atoms with Crippen LogP contribution in [0.15, 0.2) is 4.99 Å². The molecule has 0 aromatic carbocycles. The Morgan fingerprint density at radius 3 is 2.65 bits per heavy atom. The first kappa shape index (κ1) is 19.3. The van der Waals surface area contributed by atoms with Crippen LogP contribution in [0.2, 0.25) is 0 Å². The fraction of sp³-hybridized carbons (Fsp3) is 0.812. The van der Waals surface area contributed by atoms with Crippen LogP contribution in [0.3, 0.4) is 0 Å². The van der Waals surface area contributed by atoms with E-state index < -0.39 is 0 Å². The average molecular weight is 325 g/mol. The Balaban J connectivity index is 2.42. The van der Waals surface area contributed by atoms with Gasteiger partial charge in [-0.05, 0) is 19.3 Å². The minimum absolute atomic E-state index is 0.0998. The first-order valence-electron chi connectivity index (χ1n) is 8.72. The van der Waals surface area contributed by atoms with Crippen LogP contribution in [0.1, 0.15) is 46.5 Å². The van der Waals surface area contributed by atoms with E-state index in [0.717, 1.165) is 25.5 Å². The third-order valence-corrected chi connectivity index (χ3v) is 3.96. The summed E-state index contributed by atoms with van der Waals surface area (Å²) >= 11 is 0. The largest absolute Gasteiger partial charge is 0.357 e. The molecule has 1 rings (SSSR count). The molecule has 23 heavy (non-hydrogen) atoms. The van der Waals surface area contributed by atoms with Crippen LogP contribution in [-0.4, -0.2) is 55.5 Å². The molecule has 1 unspecified atom stereocenters. The van der Waals surface area contributed by atoms with Crippen molar-refractivity contribution < 1.29 is 9.59 Å². The maximum Gasteiger partial charge on any atom is 0.324 e. The molecule has 1 aliphatic heterocycles. The van der Waals surface area contributed by atoms with Gasteiger partial charge in [-0.2, -0.15) is 0 Å². The molecule has 1 fully saturated rings. The maximum absolute atomic E-state index is 11.5. The summed E-state index contributed by atoms with van der Waals surface area (Å²) in [5, 5.41) is 8.90. The Labute approximate surface area is 139 Å². The fourth-order valence-corrected chi connectivity index (χ4v) is 2.45. The van der Waals surface area contributed by atoms with E-state index in [2.05, 4.69) is 34.8 Å². The normalized spacial score (nSPS) is 16.5. The topological polar surface area (TPSA) is 85.8 Å². The minimum Gasteiger partial charge on any atom is -0.357 e. The summed E-state index contributed by atoms with van der Waals surface area (Å²) in [7, 11) is 0. The summed E-state index contributed by atoms with van der Waals surface area (Å²) in [6, 6.07) is -0.315. The number of hydrogen-bond donors (Lipinski definition) is 3. The van der Waals surface area contributed by atoms with Crippen LogP contribution in [0, 0.1) is 5.92 Å². The van der Waals surface area contributed by atoms with Gasteiger partial charge in [-0.25, -0.2) is 4.79 Å². The van der Waals surface area contributed by atoms with Crippen molar-refractivity contribution in [3.63, 3.8) is 0 Å². The Morgan fingerprint density at radius 1 is 1.30 bits per heavy atom. The number of carbonyl (C=O) groups is 2. The van der Waals surface area contributed by atoms with Crippen LogP contribution >= 0.6 is 0 Å². The zero-order valence-electron chi connectivity index (χ0n) is 14.7. The van der Waals surface area contributed by atoms with Gasteiger partial charge in [-0.1, -0.05) is 33.1 Å². The van der Waals surface area contributed by atoms with Gasteiger partial charge < -0.3 is 16.0 Å². The molecule has 132 valence electrons. The van der Waals surface area contributed by atoms with Crippen molar-refractivity contribution in [2.75, 3.05) is 32.7 Å². The molecule has 0 bridgehead atoms. The molecule has 1 aliphatic rings. The second-order valence-corrected chi connectivity index (χ2v) is 5.77. The van der Waals surface area contributed by atoms with Gasteiger partial charge in [-0.3, -0.25) is 14.7 Å². The predicted molar refractivity (Wildman–Crippen MR) is 92.4 cm³/mol. The second-order valence-electron chi connectivity index (χ2n) is 5.77. The Hall–Kier alpha value is -1.79. The van der Waals surface area contributed by atoms with E-state index in [-0.39, 0.29) is 18.5 Å². The number of carbonyl (C=O) groups excluding carboxylic acids is 2. The number of guanidine groups is 1. The van der Waals surface area contributed by atoms with E-state index in [1.54, 1.807) is 0 Å². The highest BCUT2D eigenvalue weighted by atomic mass is 16.2. The highest BCUT2D eigenvalue weighted by Crippen LogP contribution is 2.12. The van der Waals surface area contributed by atoms with E-state index in [0.29, 0.717) is 19.0 Å². The van der Waals surface area contributed by atoms with Gasteiger partial charge >= 0.3 is 6.03 Å². The number of urea groups is 1. The Morgan fingerprint density at radius 2 is 2.09 bits per heavy atom. The van der Waals surface area contributed by atoms with Crippen LogP contribution in [0.4, 0.5) is 4.79 Å². The molecule has 0 aromatic heterocycles. The molecule has 0 radical (unpaired) electrons. The SMILES string of the molecule is CCCCC(CC)CN=C(NCC)NCCN1C(=O)CNC1=O. The van der Waals surface area contributed by atoms with Crippen LogP contribution in [0.25, 0.3) is 0 Å². The molecule has 3 N–H and O–H groups in total. The molecule has 0 aromatic rings. The van der Waals surface area contributed by atoms with Crippen molar-refractivity contribution in [2.24, 2.45) is 10.9 Å². The van der Waals surface area contributed by atoms with Crippen molar-refractivity contribution in [1.82, 2.24) is 20.9 Å². The first-order chi connectivity index (χ1) is 11.1. The zero-order chi connectivity index (χ0) is 17.1. The summed E-state index contributed by atoms with van der Waals surface area (Å²) in [5.41, 5.74) is 0. The molecule has 7 heteroatoms. The van der Waals surface area contributed by atoms with E-state index >= 15 is 0 Å². The van der Waals surface area contributed by atoms with Gasteiger partial charge in [0.1, 0.15) is 0 Å². The summed E-state index contributed by atoms with van der Waals surface area (Å²) in [6.45, 7) is 8.95. The number of nitrogens with zero attached hydrogens (tertiary/aromatic N) is 2. The van der Waals surface area contributed by atoms with E-state index in [4.69, 9.17) is 0 Å². The third kappa shape index (κ3) is 6.88. The molecule has 1 atom stereocenters. The Bertz CT molecular complexity index is 395. The van der Waals surface area contributed by atoms with Gasteiger partial charge in [0.15, 0.2) is 5.96 Å². The van der Waals surface area contributed by atoms with Crippen LogP contribution in [-0.2, 0) is 4.79 Å². The number of unbranched alkanes of at least 4 members (excludes halogenated alkanes) is 1. The molecule has 0 spiro atoms. The fourth-order valence-electron chi connectivity index (χ4n) is 2.45. The lowest BCUT2D eigenvalue weighted by Gasteiger charge is -2.17. The lowest BCUT2D eigenvalue weighted by molar-refractivity contribution is -0.124. The maximum atomic E-state index is 11.5. The monoisotopic (exact) mass is 325 g/mol. The zero-order valence-corrected chi connectivity index (χ0v) is 14.7. The quantitative estimate of drug-likeness (QED) is 0.321. The molecule has 1 saturated heterocycles. The van der Waals surface area contributed by atoms with E-state index in [1.807, 2.05) is 6.92 Å². The lowest BCUT2D eigenvalue weighted by atomic mass is 10.00. The van der Waals surface area contributed by atoms with Gasteiger partial charge in [-0.15, -0.1) is 0 Å². The van der Waals surface area contributed by atoms with E-state index in [9.17, 15) is 9.59 Å². The molecular formula is C16H31N5O2. The number of imide groups is 1. The second kappa shape index (κ2) is 10.9. The number of amides is 3. The van der Waals surface area contributed by atoms with E-state index in [1.165, 1.54) is 24.2 Å². The molecule has 7 nitrogen and oxygen atoms in total. The molecular weight excluding hydrogens is 294 g/mol. The predicted octanol–water partition coefficient (Wildman–Crippen LogP) is 1.31. The van der Waals surface area contributed by atoms with Crippen molar-refractivity contribution in [1.29, 1.82) is 0 Å². The summed E-state index contributed by atoms with van der Waals surface area (Å²) in [4.78, 5) is 28.8. The number of rotatable bonds is 10. The van der Waals surface area contributed by atoms with Gasteiger partial charge in [0.2, 0.25) is 5.91 Å². The minimum atomic E-state index is -0.315. The number of aliphatic imine (C=N–C) groups is 1. The third-order valence-electron chi connectivity index (χ3n) is 3.96. The highest BCUT2D eigenvalue weighted by Gasteiger charge is 2.27. The molecule has 0 aliphatic carbocycles. The molecule has 3 amide bonds. The van der Waals surface area contributed by atoms with Crippen LogP contribution < -0.4 is 16.0 Å². The average Bonchev–Trinajstić information content (AvgIpc) is 2.86. The summed E-state index contributed by atoms with van der Waals surface area (Å²) in [5.74, 6) is 1.18. The number of nitrogens with one attached hydrogen (secondary N) is 3. The molecule has 1 heterocycles. The van der Waals surface area contributed by atoms with Crippen molar-refractivity contribution in [3.8, 4) is 0 Å². The van der Waals surface area contributed by atoms with Gasteiger partial charge in [0.05, 0.1) is 6.54 Å². The van der Waals surface area contributed by atoms with Crippen molar-refractivity contribution >= 4 is 17.9 Å². The van der Waals surface area contributed by atoms with Crippen molar-refractivity contribution in [2.45, 2.75) is 46.5 Å². The summed E-state index contributed by atoms with van der Waals surface area (Å²) in [6.07, 6.45) is 4.79. The van der Waals surface area contributed by atoms with Gasteiger partial charge in [0.25, 0.3) is 0 Å².